The lowest BCUT2D eigenvalue weighted by molar-refractivity contribution is 0.117. The van der Waals surface area contributed by atoms with E-state index in [1.807, 2.05) is 13.1 Å². The van der Waals surface area contributed by atoms with Gasteiger partial charge in [0, 0.05) is 18.0 Å². The molecule has 2 rings (SSSR count). The highest BCUT2D eigenvalue weighted by Crippen LogP contribution is 2.54. The largest absolute Gasteiger partial charge is 0.490 e. The van der Waals surface area contributed by atoms with Crippen molar-refractivity contribution in [3.63, 3.8) is 0 Å². The van der Waals surface area contributed by atoms with Crippen molar-refractivity contribution in [1.82, 2.24) is 5.32 Å². The highest BCUT2D eigenvalue weighted by atomic mass is 16.5. The lowest BCUT2D eigenvalue weighted by Crippen LogP contribution is -2.31. The summed E-state index contributed by atoms with van der Waals surface area (Å²) in [4.78, 5) is 0. The Labute approximate surface area is 91.7 Å². The van der Waals surface area contributed by atoms with Gasteiger partial charge in [-0.1, -0.05) is 19.1 Å². The van der Waals surface area contributed by atoms with Gasteiger partial charge < -0.3 is 10.1 Å². The van der Waals surface area contributed by atoms with Crippen molar-refractivity contribution in [1.29, 1.82) is 0 Å². The molecule has 1 aliphatic heterocycles. The zero-order valence-electron chi connectivity index (χ0n) is 9.60. The molecule has 0 atom stereocenters. The van der Waals surface area contributed by atoms with E-state index in [2.05, 4.69) is 24.9 Å². The number of hydrogen-bond acceptors (Lipinski definition) is 2. The maximum atomic E-state index is 5.84. The van der Waals surface area contributed by atoms with Crippen LogP contribution in [0, 0.1) is 5.41 Å². The summed E-state index contributed by atoms with van der Waals surface area (Å²) in [5.74, 6) is 1.01. The van der Waals surface area contributed by atoms with E-state index in [0.717, 1.165) is 18.1 Å². The Balaban J connectivity index is 2.37. The lowest BCUT2D eigenvalue weighted by Gasteiger charge is -2.37. The van der Waals surface area contributed by atoms with Gasteiger partial charge in [0.05, 0.1) is 12.3 Å². The summed E-state index contributed by atoms with van der Waals surface area (Å²) < 4.78 is 5.84. The number of rotatable bonds is 2. The second-order valence-electron chi connectivity index (χ2n) is 4.32. The summed E-state index contributed by atoms with van der Waals surface area (Å²) in [7, 11) is 1.91. The summed E-state index contributed by atoms with van der Waals surface area (Å²) in [6.07, 6.45) is 7.89. The maximum absolute atomic E-state index is 5.84. The number of ether oxygens (including phenoxy) is 1. The van der Waals surface area contributed by atoms with E-state index in [9.17, 15) is 0 Å². The van der Waals surface area contributed by atoms with Crippen LogP contribution in [0.1, 0.15) is 26.2 Å². The number of nitrogens with one attached hydrogen (secondary N) is 1. The summed E-state index contributed by atoms with van der Waals surface area (Å²) in [5.41, 5.74) is 2.71. The zero-order chi connectivity index (χ0) is 10.9. The molecule has 2 heteroatoms. The quantitative estimate of drug-likeness (QED) is 0.748. The van der Waals surface area contributed by atoms with Crippen molar-refractivity contribution >= 4 is 0 Å². The van der Waals surface area contributed by atoms with Gasteiger partial charge in [0.15, 0.2) is 0 Å². The fourth-order valence-electron chi connectivity index (χ4n) is 2.59. The smallest absolute Gasteiger partial charge is 0.145 e. The molecule has 1 N–H and O–H groups in total. The average molecular weight is 205 g/mol. The number of hydrogen-bond donors (Lipinski definition) is 1. The van der Waals surface area contributed by atoms with Crippen molar-refractivity contribution in [2.45, 2.75) is 26.2 Å². The first-order valence-electron chi connectivity index (χ1n) is 5.62. The molecule has 15 heavy (non-hydrogen) atoms. The Kier molecular flexibility index (Phi) is 2.59. The van der Waals surface area contributed by atoms with Gasteiger partial charge in [0.2, 0.25) is 0 Å². The SMILES string of the molecule is C=C/C(NC)=C1/OCC2(CCC2)/C1=C/C. The molecule has 2 nitrogen and oxygen atoms in total. The van der Waals surface area contributed by atoms with E-state index in [4.69, 9.17) is 4.74 Å². The van der Waals surface area contributed by atoms with Crippen molar-refractivity contribution in [3.8, 4) is 0 Å². The molecule has 0 aromatic rings. The van der Waals surface area contributed by atoms with Gasteiger partial charge in [-0.05, 0) is 25.8 Å². The van der Waals surface area contributed by atoms with Crippen molar-refractivity contribution in [3.05, 3.63) is 35.8 Å². The van der Waals surface area contributed by atoms with Crippen molar-refractivity contribution in [2.75, 3.05) is 13.7 Å². The average Bonchev–Trinajstić information content (AvgIpc) is 2.58. The van der Waals surface area contributed by atoms with E-state index in [1.54, 1.807) is 0 Å². The molecular formula is C13H19NO. The Morgan fingerprint density at radius 1 is 1.53 bits per heavy atom. The van der Waals surface area contributed by atoms with E-state index in [-0.39, 0.29) is 0 Å². The predicted octanol–water partition coefficient (Wildman–Crippen LogP) is 2.75. The van der Waals surface area contributed by atoms with Gasteiger partial charge in [0.25, 0.3) is 0 Å². The van der Waals surface area contributed by atoms with Crippen LogP contribution in [0.25, 0.3) is 0 Å². The number of likely N-dealkylation sites (N-methyl/N-ethyl adjacent to an activating group) is 1. The van der Waals surface area contributed by atoms with Crippen LogP contribution in [-0.2, 0) is 4.74 Å². The minimum atomic E-state index is 0.329. The topological polar surface area (TPSA) is 21.3 Å². The van der Waals surface area contributed by atoms with Gasteiger partial charge in [-0.15, -0.1) is 0 Å². The second kappa shape index (κ2) is 3.76. The van der Waals surface area contributed by atoms with E-state index < -0.39 is 0 Å². The van der Waals surface area contributed by atoms with Crippen LogP contribution in [0.4, 0.5) is 0 Å². The molecule has 1 aliphatic carbocycles. The molecule has 0 aromatic heterocycles. The van der Waals surface area contributed by atoms with Crippen LogP contribution < -0.4 is 5.32 Å². The second-order valence-corrected chi connectivity index (χ2v) is 4.32. The van der Waals surface area contributed by atoms with Crippen LogP contribution in [0.15, 0.2) is 35.8 Å². The molecule has 2 fully saturated rings. The van der Waals surface area contributed by atoms with Crippen LogP contribution >= 0.6 is 0 Å². The summed E-state index contributed by atoms with van der Waals surface area (Å²) in [5, 5.41) is 3.14. The van der Waals surface area contributed by atoms with Gasteiger partial charge >= 0.3 is 0 Å². The van der Waals surface area contributed by atoms with Crippen LogP contribution in [0.5, 0.6) is 0 Å². The summed E-state index contributed by atoms with van der Waals surface area (Å²) in [6.45, 7) is 6.76. The molecule has 1 saturated carbocycles. The fraction of sp³-hybridized carbons (Fsp3) is 0.538. The van der Waals surface area contributed by atoms with E-state index in [0.29, 0.717) is 5.41 Å². The van der Waals surface area contributed by atoms with Crippen molar-refractivity contribution in [2.24, 2.45) is 5.41 Å². The first-order valence-corrected chi connectivity index (χ1v) is 5.62. The third-order valence-corrected chi connectivity index (χ3v) is 3.63. The normalized spacial score (nSPS) is 28.5. The van der Waals surface area contributed by atoms with E-state index >= 15 is 0 Å². The molecular weight excluding hydrogens is 186 g/mol. The standard InChI is InChI=1S/C13H19NO/c1-4-10-12(11(5-2)14-3)15-9-13(10)7-6-8-13/h4-5,14H,2,6-9H2,1,3H3/b10-4+,12-11-. The Hall–Kier alpha value is -1.18. The fourth-order valence-corrected chi connectivity index (χ4v) is 2.59. The highest BCUT2D eigenvalue weighted by Gasteiger charge is 2.47. The van der Waals surface area contributed by atoms with Crippen LogP contribution in [0.2, 0.25) is 0 Å². The lowest BCUT2D eigenvalue weighted by atomic mass is 9.65. The first kappa shape index (κ1) is 10.3. The summed E-state index contributed by atoms with van der Waals surface area (Å²) in [6, 6.07) is 0. The van der Waals surface area contributed by atoms with Crippen LogP contribution in [0.3, 0.4) is 0 Å². The maximum Gasteiger partial charge on any atom is 0.145 e. The molecule has 0 bridgehead atoms. The van der Waals surface area contributed by atoms with Gasteiger partial charge in [-0.2, -0.15) is 0 Å². The van der Waals surface area contributed by atoms with Gasteiger partial charge in [-0.25, -0.2) is 0 Å². The Morgan fingerprint density at radius 2 is 2.27 bits per heavy atom. The summed E-state index contributed by atoms with van der Waals surface area (Å²) >= 11 is 0. The molecule has 0 amide bonds. The highest BCUT2D eigenvalue weighted by molar-refractivity contribution is 5.43. The van der Waals surface area contributed by atoms with Crippen molar-refractivity contribution < 1.29 is 4.74 Å². The molecule has 0 aromatic carbocycles. The van der Waals surface area contributed by atoms with Gasteiger partial charge in [-0.3, -0.25) is 0 Å². The monoisotopic (exact) mass is 205 g/mol. The molecule has 1 spiro atoms. The van der Waals surface area contributed by atoms with E-state index in [1.165, 1.54) is 24.8 Å². The molecule has 2 aliphatic rings. The Morgan fingerprint density at radius 3 is 2.67 bits per heavy atom. The molecule has 1 saturated heterocycles. The molecule has 82 valence electrons. The molecule has 0 unspecified atom stereocenters. The minimum Gasteiger partial charge on any atom is -0.490 e. The Bertz CT molecular complexity index is 334. The molecule has 0 radical (unpaired) electrons. The molecule has 1 heterocycles. The third kappa shape index (κ3) is 1.39. The number of allylic oxidation sites excluding steroid dienone is 3. The first-order chi connectivity index (χ1) is 7.27. The predicted molar refractivity (Wildman–Crippen MR) is 62.3 cm³/mol. The minimum absolute atomic E-state index is 0.329. The van der Waals surface area contributed by atoms with Gasteiger partial charge in [0.1, 0.15) is 5.76 Å². The zero-order valence-corrected chi connectivity index (χ0v) is 9.60. The third-order valence-electron chi connectivity index (χ3n) is 3.63. The van der Waals surface area contributed by atoms with Crippen LogP contribution in [-0.4, -0.2) is 13.7 Å².